The Hall–Kier alpha value is -3.65. The number of aliphatic carboxylic acids is 1. The maximum atomic E-state index is 12.6. The van der Waals surface area contributed by atoms with Crippen LogP contribution in [-0.2, 0) is 16.1 Å². The first-order chi connectivity index (χ1) is 16.4. The van der Waals surface area contributed by atoms with Crippen LogP contribution in [0.4, 0.5) is 28.8 Å². The Morgan fingerprint density at radius 1 is 1.26 bits per heavy atom. The maximum Gasteiger partial charge on any atom is 0.490 e. The van der Waals surface area contributed by atoms with Gasteiger partial charge in [-0.05, 0) is 36.2 Å². The monoisotopic (exact) mass is 530 g/mol. The Bertz CT molecular complexity index is 1260. The van der Waals surface area contributed by atoms with Crippen LogP contribution in [-0.4, -0.2) is 56.6 Å². The van der Waals surface area contributed by atoms with E-state index in [9.17, 15) is 22.8 Å². The highest BCUT2D eigenvalue weighted by molar-refractivity contribution is 7.20. The van der Waals surface area contributed by atoms with Gasteiger partial charge in [0.2, 0.25) is 5.91 Å². The Morgan fingerprint density at radius 3 is 2.60 bits per heavy atom. The minimum Gasteiger partial charge on any atom is -0.475 e. The summed E-state index contributed by atoms with van der Waals surface area (Å²) in [6, 6.07) is 8.11. The molecule has 4 rings (SSSR count). The van der Waals surface area contributed by atoms with Gasteiger partial charge in [-0.15, -0.1) is 11.3 Å². The van der Waals surface area contributed by atoms with Gasteiger partial charge in [0.1, 0.15) is 18.2 Å². The van der Waals surface area contributed by atoms with Crippen LogP contribution in [0.3, 0.4) is 0 Å². The number of hydrogen-bond acceptors (Lipinski definition) is 7. The molecule has 1 aliphatic heterocycles. The minimum atomic E-state index is -5.08. The highest BCUT2D eigenvalue weighted by Crippen LogP contribution is 2.26. The van der Waals surface area contributed by atoms with Gasteiger partial charge in [0, 0.05) is 18.5 Å². The quantitative estimate of drug-likeness (QED) is 0.403. The van der Waals surface area contributed by atoms with Crippen molar-refractivity contribution >= 4 is 62.6 Å². The average Bonchev–Trinajstić information content (AvgIpc) is 3.33. The van der Waals surface area contributed by atoms with Gasteiger partial charge in [0.15, 0.2) is 0 Å². The fraction of sp³-hybridized carbons (Fsp3) is 0.250. The van der Waals surface area contributed by atoms with Crippen molar-refractivity contribution in [2.45, 2.75) is 25.2 Å². The van der Waals surface area contributed by atoms with Crippen molar-refractivity contribution in [3.05, 3.63) is 46.6 Å². The number of urea groups is 1. The number of alkyl halides is 3. The number of hydrogen-bond donors (Lipinski definition) is 4. The van der Waals surface area contributed by atoms with E-state index in [2.05, 4.69) is 20.6 Å². The molecule has 10 nitrogen and oxygen atoms in total. The summed E-state index contributed by atoms with van der Waals surface area (Å²) < 4.78 is 32.3. The smallest absolute Gasteiger partial charge is 0.475 e. The summed E-state index contributed by atoms with van der Waals surface area (Å²) in [5, 5.41) is 13.9. The summed E-state index contributed by atoms with van der Waals surface area (Å²) in [5.41, 5.74) is 7.52. The third-order valence-corrected chi connectivity index (χ3v) is 5.91. The highest BCUT2D eigenvalue weighted by Gasteiger charge is 2.38. The SMILES string of the molecule is Nc1ncnc2cc(CN3CC[C@H](NC(=O)Nc4ccc(Cl)s4)C3=O)ccc12.O=C(O)C(F)(F)F. The molecule has 0 aliphatic carbocycles. The lowest BCUT2D eigenvalue weighted by Crippen LogP contribution is -2.43. The van der Waals surface area contributed by atoms with Crippen LogP contribution in [0.2, 0.25) is 4.34 Å². The maximum absolute atomic E-state index is 12.6. The number of nitrogens with one attached hydrogen (secondary N) is 2. The van der Waals surface area contributed by atoms with Crippen LogP contribution in [0.5, 0.6) is 0 Å². The summed E-state index contributed by atoms with van der Waals surface area (Å²) in [6.07, 6.45) is -3.11. The molecule has 1 aromatic carbocycles. The van der Waals surface area contributed by atoms with Crippen LogP contribution in [0.25, 0.3) is 10.9 Å². The molecular formula is C20H18ClF3N6O4S. The molecular weight excluding hydrogens is 513 g/mol. The second kappa shape index (κ2) is 10.7. The molecule has 1 fully saturated rings. The summed E-state index contributed by atoms with van der Waals surface area (Å²) in [7, 11) is 0. The number of nitrogens with zero attached hydrogens (tertiary/aromatic N) is 3. The van der Waals surface area contributed by atoms with Crippen molar-refractivity contribution in [1.29, 1.82) is 0 Å². The molecule has 1 atom stereocenters. The van der Waals surface area contributed by atoms with Crippen LogP contribution < -0.4 is 16.4 Å². The number of carbonyl (C=O) groups is 3. The molecule has 35 heavy (non-hydrogen) atoms. The van der Waals surface area contributed by atoms with Crippen molar-refractivity contribution in [3.63, 3.8) is 0 Å². The zero-order valence-corrected chi connectivity index (χ0v) is 19.2. The summed E-state index contributed by atoms with van der Waals surface area (Å²) in [5.74, 6) is -2.44. The van der Waals surface area contributed by atoms with E-state index in [1.807, 2.05) is 18.2 Å². The van der Waals surface area contributed by atoms with Gasteiger partial charge in [-0.25, -0.2) is 19.6 Å². The molecule has 3 heterocycles. The predicted octanol–water partition coefficient (Wildman–Crippen LogP) is 3.48. The number of nitrogen functional groups attached to an aromatic ring is 1. The molecule has 186 valence electrons. The molecule has 0 saturated carbocycles. The van der Waals surface area contributed by atoms with Crippen LogP contribution >= 0.6 is 22.9 Å². The number of carboxylic acids is 1. The molecule has 0 bridgehead atoms. The number of thiophene rings is 1. The summed E-state index contributed by atoms with van der Waals surface area (Å²) >= 11 is 7.11. The molecule has 1 aliphatic rings. The van der Waals surface area contributed by atoms with Crippen LogP contribution in [0.15, 0.2) is 36.7 Å². The number of likely N-dealkylation sites (tertiary alicyclic amines) is 1. The Labute approximate surface area is 204 Å². The number of amides is 3. The number of aromatic nitrogens is 2. The van der Waals surface area contributed by atoms with Gasteiger partial charge in [0.05, 0.1) is 14.9 Å². The van der Waals surface area contributed by atoms with Crippen molar-refractivity contribution in [2.24, 2.45) is 0 Å². The zero-order chi connectivity index (χ0) is 25.8. The number of rotatable bonds is 4. The van der Waals surface area contributed by atoms with E-state index in [-0.39, 0.29) is 5.91 Å². The lowest BCUT2D eigenvalue weighted by atomic mass is 10.1. The normalized spacial score (nSPS) is 15.5. The first kappa shape index (κ1) is 26.0. The van der Waals surface area contributed by atoms with Gasteiger partial charge in [-0.3, -0.25) is 10.1 Å². The molecule has 15 heteroatoms. The molecule has 0 spiro atoms. The van der Waals surface area contributed by atoms with Gasteiger partial charge in [0.25, 0.3) is 0 Å². The summed E-state index contributed by atoms with van der Waals surface area (Å²) in [4.78, 5) is 43.6. The number of fused-ring (bicyclic) bond motifs is 1. The number of benzene rings is 1. The van der Waals surface area contributed by atoms with Gasteiger partial charge in [-0.2, -0.15) is 13.2 Å². The van der Waals surface area contributed by atoms with Crippen LogP contribution in [0.1, 0.15) is 12.0 Å². The fourth-order valence-corrected chi connectivity index (χ4v) is 4.10. The second-order valence-corrected chi connectivity index (χ2v) is 8.93. The average molecular weight is 531 g/mol. The molecule has 1 saturated heterocycles. The third kappa shape index (κ3) is 6.93. The lowest BCUT2D eigenvalue weighted by Gasteiger charge is -2.17. The standard InChI is InChI=1S/C18H17ClN6O2S.C2HF3O2/c19-14-3-4-15(28-14)24-18(27)23-12-5-6-25(17(12)26)8-10-1-2-11-13(7-10)21-9-22-16(11)20;3-2(4,5)1(6)7/h1-4,7,9,12H,5-6,8H2,(H2,20,21,22)(H2,23,24,27);(H,6,7)/t12-;/m0./s1. The third-order valence-electron chi connectivity index (χ3n) is 4.76. The number of nitrogens with two attached hydrogens (primary N) is 1. The number of anilines is 2. The van der Waals surface area contributed by atoms with E-state index in [0.717, 1.165) is 16.5 Å². The van der Waals surface area contributed by atoms with E-state index in [0.29, 0.717) is 34.7 Å². The first-order valence-corrected chi connectivity index (χ1v) is 11.0. The van der Waals surface area contributed by atoms with E-state index in [1.165, 1.54) is 17.7 Å². The molecule has 5 N–H and O–H groups in total. The number of halogens is 4. The molecule has 3 aromatic rings. The Kier molecular flexibility index (Phi) is 7.96. The Morgan fingerprint density at radius 2 is 1.97 bits per heavy atom. The lowest BCUT2D eigenvalue weighted by molar-refractivity contribution is -0.192. The largest absolute Gasteiger partial charge is 0.490 e. The van der Waals surface area contributed by atoms with E-state index < -0.39 is 24.2 Å². The van der Waals surface area contributed by atoms with Crippen molar-refractivity contribution in [2.75, 3.05) is 17.6 Å². The van der Waals surface area contributed by atoms with Crippen molar-refractivity contribution in [1.82, 2.24) is 20.2 Å². The fourth-order valence-electron chi connectivity index (χ4n) is 3.16. The van der Waals surface area contributed by atoms with Crippen molar-refractivity contribution in [3.8, 4) is 0 Å². The number of carbonyl (C=O) groups excluding carboxylic acids is 2. The van der Waals surface area contributed by atoms with Gasteiger partial charge < -0.3 is 21.1 Å². The first-order valence-electron chi connectivity index (χ1n) is 9.85. The van der Waals surface area contributed by atoms with Crippen LogP contribution in [0, 0.1) is 0 Å². The Balaban J connectivity index is 0.000000429. The topological polar surface area (TPSA) is 151 Å². The minimum absolute atomic E-state index is 0.110. The zero-order valence-electron chi connectivity index (χ0n) is 17.7. The molecule has 0 radical (unpaired) electrons. The van der Waals surface area contributed by atoms with Crippen molar-refractivity contribution < 1.29 is 32.7 Å². The second-order valence-electron chi connectivity index (χ2n) is 7.22. The van der Waals surface area contributed by atoms with Gasteiger partial charge >= 0.3 is 18.2 Å². The summed E-state index contributed by atoms with van der Waals surface area (Å²) in [6.45, 7) is 1.01. The predicted molar refractivity (Wildman–Crippen MR) is 123 cm³/mol. The molecule has 0 unspecified atom stereocenters. The van der Waals surface area contributed by atoms with E-state index in [4.69, 9.17) is 27.2 Å². The van der Waals surface area contributed by atoms with E-state index in [1.54, 1.807) is 17.0 Å². The molecule has 3 amide bonds. The van der Waals surface area contributed by atoms with Gasteiger partial charge in [-0.1, -0.05) is 17.7 Å². The molecule has 2 aromatic heterocycles. The highest BCUT2D eigenvalue weighted by atomic mass is 35.5. The number of carboxylic acid groups (broad SMARTS) is 1. The van der Waals surface area contributed by atoms with E-state index >= 15 is 0 Å².